The number of nitrogens with one attached hydrogen (secondary N) is 2. The van der Waals surface area contributed by atoms with Crippen LogP contribution in [0.2, 0.25) is 0 Å². The van der Waals surface area contributed by atoms with E-state index in [9.17, 15) is 14.4 Å². The molecule has 0 aromatic heterocycles. The summed E-state index contributed by atoms with van der Waals surface area (Å²) in [4.78, 5) is 41.8. The molecule has 3 atom stereocenters. The summed E-state index contributed by atoms with van der Waals surface area (Å²) in [5, 5.41) is 15.3. The van der Waals surface area contributed by atoms with Crippen LogP contribution in [0.15, 0.2) is 30.3 Å². The third kappa shape index (κ3) is 8.32. The maximum absolute atomic E-state index is 13.8. The summed E-state index contributed by atoms with van der Waals surface area (Å²) in [5.74, 6) is -1.26. The number of carboxylic acids is 1. The van der Waals surface area contributed by atoms with Gasteiger partial charge in [-0.3, -0.25) is 19.3 Å². The summed E-state index contributed by atoms with van der Waals surface area (Å²) in [6, 6.07) is 8.31. The number of carbonyl (C=O) groups is 3. The molecule has 1 rings (SSSR count). The minimum absolute atomic E-state index is 0.0959. The number of hydrogen-bond acceptors (Lipinski definition) is 5. The van der Waals surface area contributed by atoms with Crippen LogP contribution in [0, 0.1) is 11.3 Å². The second kappa shape index (κ2) is 12.5. The lowest BCUT2D eigenvalue weighted by Crippen LogP contribution is -2.62. The number of hydrogen-bond donors (Lipinski definition) is 3. The van der Waals surface area contributed by atoms with Crippen LogP contribution < -0.4 is 10.6 Å². The topological polar surface area (TPSA) is 102 Å². The van der Waals surface area contributed by atoms with Gasteiger partial charge in [0.2, 0.25) is 11.8 Å². The Morgan fingerprint density at radius 1 is 0.971 bits per heavy atom. The lowest BCUT2D eigenvalue weighted by molar-refractivity contribution is -0.142. The summed E-state index contributed by atoms with van der Waals surface area (Å²) in [6.45, 7) is 14.1. The van der Waals surface area contributed by atoms with Gasteiger partial charge in [0.1, 0.15) is 6.04 Å². The lowest BCUT2D eigenvalue weighted by atomic mass is 9.76. The van der Waals surface area contributed by atoms with E-state index in [0.717, 1.165) is 5.56 Å². The van der Waals surface area contributed by atoms with Crippen molar-refractivity contribution < 1.29 is 19.5 Å². The van der Waals surface area contributed by atoms with Gasteiger partial charge in [0.15, 0.2) is 0 Å². The van der Waals surface area contributed by atoms with Gasteiger partial charge in [-0.1, -0.05) is 78.8 Å². The van der Waals surface area contributed by atoms with Crippen LogP contribution in [0.5, 0.6) is 0 Å². The zero-order valence-electron chi connectivity index (χ0n) is 23.2. The van der Waals surface area contributed by atoms with Crippen molar-refractivity contribution in [2.45, 2.75) is 72.0 Å². The van der Waals surface area contributed by atoms with Crippen molar-refractivity contribution in [1.82, 2.24) is 20.4 Å². The van der Waals surface area contributed by atoms with Gasteiger partial charge < -0.3 is 20.6 Å². The van der Waals surface area contributed by atoms with Gasteiger partial charge in [0.25, 0.3) is 0 Å². The average Bonchev–Trinajstić information content (AvgIpc) is 2.74. The van der Waals surface area contributed by atoms with Gasteiger partial charge in [-0.2, -0.15) is 0 Å². The number of amides is 2. The first kappa shape index (κ1) is 30.6. The van der Waals surface area contributed by atoms with E-state index < -0.39 is 28.9 Å². The second-order valence-electron chi connectivity index (χ2n) is 11.5. The highest BCUT2D eigenvalue weighted by atomic mass is 16.4. The van der Waals surface area contributed by atoms with E-state index in [0.29, 0.717) is 6.54 Å². The molecule has 0 radical (unpaired) electrons. The van der Waals surface area contributed by atoms with Crippen LogP contribution in [0.3, 0.4) is 0 Å². The predicted octanol–water partition coefficient (Wildman–Crippen LogP) is 2.58. The number of rotatable bonds is 12. The summed E-state index contributed by atoms with van der Waals surface area (Å²) >= 11 is 0. The number of carbonyl (C=O) groups excluding carboxylic acids is 2. The molecule has 0 saturated carbocycles. The van der Waals surface area contributed by atoms with Gasteiger partial charge in [0, 0.05) is 25.0 Å². The molecule has 1 unspecified atom stereocenters. The van der Waals surface area contributed by atoms with Crippen LogP contribution in [0.4, 0.5) is 0 Å². The molecule has 0 fully saturated rings. The van der Waals surface area contributed by atoms with E-state index in [2.05, 4.69) is 10.6 Å². The molecule has 8 nitrogen and oxygen atoms in total. The summed E-state index contributed by atoms with van der Waals surface area (Å²) < 4.78 is 0. The van der Waals surface area contributed by atoms with E-state index in [1.54, 1.807) is 30.9 Å². The summed E-state index contributed by atoms with van der Waals surface area (Å²) in [7, 11) is 5.21. The molecule has 0 aliphatic carbocycles. The van der Waals surface area contributed by atoms with Crippen LogP contribution >= 0.6 is 0 Å². The Morgan fingerprint density at radius 3 is 1.94 bits per heavy atom. The van der Waals surface area contributed by atoms with Crippen molar-refractivity contribution in [3.05, 3.63) is 35.9 Å². The normalized spacial score (nSPS) is 15.0. The highest BCUT2D eigenvalue weighted by Gasteiger charge is 2.41. The Balaban J connectivity index is 3.19. The zero-order chi connectivity index (χ0) is 27.1. The van der Waals surface area contributed by atoms with Gasteiger partial charge in [-0.15, -0.1) is 0 Å². The molecule has 0 spiro atoms. The molecule has 0 bridgehead atoms. The highest BCUT2D eigenvalue weighted by Crippen LogP contribution is 2.29. The highest BCUT2D eigenvalue weighted by molar-refractivity contribution is 5.91. The van der Waals surface area contributed by atoms with E-state index >= 15 is 0 Å². The van der Waals surface area contributed by atoms with Crippen LogP contribution in [-0.2, 0) is 19.8 Å². The third-order valence-corrected chi connectivity index (χ3v) is 6.71. The van der Waals surface area contributed by atoms with Gasteiger partial charge in [0.05, 0.1) is 12.6 Å². The average molecular weight is 491 g/mol. The maximum atomic E-state index is 13.8. The van der Waals surface area contributed by atoms with Crippen molar-refractivity contribution in [2.24, 2.45) is 11.3 Å². The van der Waals surface area contributed by atoms with Crippen molar-refractivity contribution in [1.29, 1.82) is 0 Å². The maximum Gasteiger partial charge on any atom is 0.317 e. The second-order valence-corrected chi connectivity index (χ2v) is 11.5. The Bertz CT molecular complexity index is 848. The van der Waals surface area contributed by atoms with Crippen molar-refractivity contribution >= 4 is 17.8 Å². The molecule has 1 aromatic rings. The first-order valence-electron chi connectivity index (χ1n) is 12.2. The monoisotopic (exact) mass is 490 g/mol. The summed E-state index contributed by atoms with van der Waals surface area (Å²) in [6.07, 6.45) is 0. The van der Waals surface area contributed by atoms with Crippen molar-refractivity contribution in [3.63, 3.8) is 0 Å². The largest absolute Gasteiger partial charge is 0.480 e. The van der Waals surface area contributed by atoms with Gasteiger partial charge in [-0.05, 0) is 31.0 Å². The lowest BCUT2D eigenvalue weighted by Gasteiger charge is -2.41. The molecule has 8 heteroatoms. The fourth-order valence-corrected chi connectivity index (χ4v) is 4.49. The van der Waals surface area contributed by atoms with Gasteiger partial charge in [-0.25, -0.2) is 0 Å². The quantitative estimate of drug-likeness (QED) is 0.416. The van der Waals surface area contributed by atoms with Crippen LogP contribution in [0.1, 0.15) is 54.0 Å². The smallest absolute Gasteiger partial charge is 0.317 e. The van der Waals surface area contributed by atoms with Crippen LogP contribution in [0.25, 0.3) is 0 Å². The Hall–Kier alpha value is -2.45. The van der Waals surface area contributed by atoms with Crippen molar-refractivity contribution in [2.75, 3.05) is 34.2 Å². The molecule has 0 aliphatic heterocycles. The molecule has 0 aliphatic rings. The SMILES string of the molecule is CN[C@H](C(=O)NC(C(=O)N(C)[C@H](CN(C)CC(=O)O)C(C)C)C(C)(C)C)C(C)(C)c1ccccc1. The number of nitrogens with zero attached hydrogens (tertiary/aromatic N) is 2. The third-order valence-electron chi connectivity index (χ3n) is 6.71. The predicted molar refractivity (Wildman–Crippen MR) is 140 cm³/mol. The Kier molecular flexibility index (Phi) is 10.9. The molecule has 198 valence electrons. The molecule has 2 amide bonds. The van der Waals surface area contributed by atoms with E-state index in [4.69, 9.17) is 5.11 Å². The molecular weight excluding hydrogens is 444 g/mol. The summed E-state index contributed by atoms with van der Waals surface area (Å²) in [5.41, 5.74) is -0.0334. The molecule has 1 aromatic carbocycles. The Morgan fingerprint density at radius 2 is 1.51 bits per heavy atom. The van der Waals surface area contributed by atoms with Crippen molar-refractivity contribution in [3.8, 4) is 0 Å². The number of benzene rings is 1. The Labute approximate surface area is 211 Å². The standard InChI is InChI=1S/C27H46N4O4/c1-18(2)20(16-30(9)17-21(32)33)31(10)25(35)23(26(3,4)5)29-24(34)22(28-8)27(6,7)19-14-12-11-13-15-19/h11-15,18,20,22-23,28H,16-17H2,1-10H3,(H,29,34)(H,32,33)/t20-,22-,23?/m1/s1. The number of aliphatic carboxylic acids is 1. The van der Waals surface area contributed by atoms with E-state index in [1.807, 2.05) is 78.8 Å². The van der Waals surface area contributed by atoms with E-state index in [1.165, 1.54) is 0 Å². The first-order valence-corrected chi connectivity index (χ1v) is 12.2. The fraction of sp³-hybridized carbons (Fsp3) is 0.667. The van der Waals surface area contributed by atoms with Gasteiger partial charge >= 0.3 is 5.97 Å². The molecule has 0 saturated heterocycles. The minimum atomic E-state index is -0.914. The molecule has 0 heterocycles. The zero-order valence-corrected chi connectivity index (χ0v) is 23.2. The molecular formula is C27H46N4O4. The number of carboxylic acid groups (broad SMARTS) is 1. The molecule has 3 N–H and O–H groups in total. The fourth-order valence-electron chi connectivity index (χ4n) is 4.49. The first-order chi connectivity index (χ1) is 16.0. The number of likely N-dealkylation sites (N-methyl/N-ethyl adjacent to an activating group) is 3. The van der Waals surface area contributed by atoms with E-state index in [-0.39, 0.29) is 30.3 Å². The van der Waals surface area contributed by atoms with Crippen LogP contribution in [-0.4, -0.2) is 85.0 Å². The minimum Gasteiger partial charge on any atom is -0.480 e. The molecule has 35 heavy (non-hydrogen) atoms.